The first-order valence-electron chi connectivity index (χ1n) is 7.81. The lowest BCUT2D eigenvalue weighted by Crippen LogP contribution is -2.22. The molecular weight excluding hydrogens is 372 g/mol. The van der Waals surface area contributed by atoms with Crippen molar-refractivity contribution in [2.75, 3.05) is 5.32 Å². The highest BCUT2D eigenvalue weighted by Crippen LogP contribution is 2.18. The molecule has 0 atom stereocenters. The van der Waals surface area contributed by atoms with Gasteiger partial charge >= 0.3 is 0 Å². The minimum atomic E-state index is -0.556. The first kappa shape index (κ1) is 18.3. The van der Waals surface area contributed by atoms with E-state index in [1.807, 2.05) is 0 Å². The average molecular weight is 385 g/mol. The molecule has 0 fully saturated rings. The van der Waals surface area contributed by atoms with Crippen LogP contribution in [0.25, 0.3) is 11.4 Å². The third-order valence-electron chi connectivity index (χ3n) is 3.68. The second-order valence-electron chi connectivity index (χ2n) is 5.63. The summed E-state index contributed by atoms with van der Waals surface area (Å²) in [6.45, 7) is 0. The third-order valence-corrected chi connectivity index (χ3v) is 3.93. The van der Waals surface area contributed by atoms with Crippen molar-refractivity contribution in [3.05, 3.63) is 85.8 Å². The monoisotopic (exact) mass is 384 g/mol. The number of benzene rings is 2. The number of hydrogen-bond acceptors (Lipinski definition) is 5. The van der Waals surface area contributed by atoms with Gasteiger partial charge in [-0.15, -0.1) is 0 Å². The molecule has 1 amide bonds. The van der Waals surface area contributed by atoms with Crippen molar-refractivity contribution in [1.82, 2.24) is 9.97 Å². The van der Waals surface area contributed by atoms with Gasteiger partial charge in [-0.25, -0.2) is 4.98 Å². The van der Waals surface area contributed by atoms with Gasteiger partial charge in [-0.1, -0.05) is 17.7 Å². The number of aromatic nitrogens is 2. The summed E-state index contributed by atoms with van der Waals surface area (Å²) in [4.78, 5) is 41.4. The van der Waals surface area contributed by atoms with Crippen molar-refractivity contribution in [1.29, 1.82) is 0 Å². The van der Waals surface area contributed by atoms with E-state index in [1.165, 1.54) is 30.5 Å². The summed E-state index contributed by atoms with van der Waals surface area (Å²) in [5.74, 6) is -0.124. The van der Waals surface area contributed by atoms with Crippen LogP contribution in [0.5, 0.6) is 0 Å². The number of aromatic amines is 1. The van der Waals surface area contributed by atoms with E-state index in [4.69, 9.17) is 11.6 Å². The summed E-state index contributed by atoms with van der Waals surface area (Å²) in [6.07, 6.45) is 1.11. The van der Waals surface area contributed by atoms with Gasteiger partial charge < -0.3 is 10.3 Å². The van der Waals surface area contributed by atoms with E-state index in [-0.39, 0.29) is 23.4 Å². The minimum absolute atomic E-state index is 0.139. The number of hydrogen-bond donors (Lipinski definition) is 2. The molecule has 3 rings (SSSR count). The smallest absolute Gasteiger partial charge is 0.271 e. The highest BCUT2D eigenvalue weighted by Gasteiger charge is 2.12. The van der Waals surface area contributed by atoms with Crippen molar-refractivity contribution >= 4 is 28.9 Å². The molecule has 3 aromatic rings. The van der Waals surface area contributed by atoms with Crippen molar-refractivity contribution in [2.45, 2.75) is 6.42 Å². The Kier molecular flexibility index (Phi) is 5.28. The molecule has 0 spiro atoms. The Labute approximate surface area is 158 Å². The summed E-state index contributed by atoms with van der Waals surface area (Å²) >= 11 is 5.83. The molecule has 0 unspecified atom stereocenters. The summed E-state index contributed by atoms with van der Waals surface area (Å²) < 4.78 is 0. The normalized spacial score (nSPS) is 10.4. The lowest BCUT2D eigenvalue weighted by atomic mass is 10.2. The summed E-state index contributed by atoms with van der Waals surface area (Å²) in [5, 5.41) is 13.9. The molecule has 0 radical (unpaired) electrons. The van der Waals surface area contributed by atoms with Crippen LogP contribution in [0, 0.1) is 10.1 Å². The second kappa shape index (κ2) is 7.79. The van der Waals surface area contributed by atoms with Gasteiger partial charge in [0.1, 0.15) is 5.82 Å². The summed E-state index contributed by atoms with van der Waals surface area (Å²) in [7, 11) is 0. The van der Waals surface area contributed by atoms with Crippen LogP contribution < -0.4 is 10.9 Å². The van der Waals surface area contributed by atoms with Gasteiger partial charge in [-0.3, -0.25) is 19.7 Å². The van der Waals surface area contributed by atoms with Crippen LogP contribution >= 0.6 is 11.6 Å². The summed E-state index contributed by atoms with van der Waals surface area (Å²) in [6, 6.07) is 12.3. The van der Waals surface area contributed by atoms with Gasteiger partial charge in [-0.2, -0.15) is 0 Å². The van der Waals surface area contributed by atoms with Gasteiger partial charge in [-0.05, 0) is 30.3 Å². The van der Waals surface area contributed by atoms with Crippen LogP contribution in [0.2, 0.25) is 5.02 Å². The Morgan fingerprint density at radius 3 is 2.63 bits per heavy atom. The largest absolute Gasteiger partial charge is 0.326 e. The van der Waals surface area contributed by atoms with Crippen LogP contribution in [-0.2, 0) is 11.2 Å². The average Bonchev–Trinajstić information content (AvgIpc) is 2.64. The zero-order valence-corrected chi connectivity index (χ0v) is 14.6. The Morgan fingerprint density at radius 1 is 1.22 bits per heavy atom. The number of nitrogens with zero attached hydrogens (tertiary/aromatic N) is 2. The number of carbonyl (C=O) groups excluding carboxylic acids is 1. The van der Waals surface area contributed by atoms with Crippen molar-refractivity contribution in [2.24, 2.45) is 0 Å². The van der Waals surface area contributed by atoms with E-state index in [0.717, 1.165) is 0 Å². The maximum atomic E-state index is 12.2. The van der Waals surface area contributed by atoms with E-state index in [0.29, 0.717) is 16.4 Å². The first-order chi connectivity index (χ1) is 12.9. The van der Waals surface area contributed by atoms with Crippen molar-refractivity contribution in [3.63, 3.8) is 0 Å². The van der Waals surface area contributed by atoms with Crippen LogP contribution in [0.4, 0.5) is 11.4 Å². The zero-order valence-electron chi connectivity index (χ0n) is 13.8. The van der Waals surface area contributed by atoms with Gasteiger partial charge in [0, 0.05) is 40.2 Å². The Bertz CT molecular complexity index is 1060. The number of non-ortho nitro benzene ring substituents is 1. The number of nitro benzene ring substituents is 1. The minimum Gasteiger partial charge on any atom is -0.326 e. The van der Waals surface area contributed by atoms with Gasteiger partial charge in [0.05, 0.1) is 11.3 Å². The molecule has 0 aliphatic rings. The molecule has 0 saturated heterocycles. The highest BCUT2D eigenvalue weighted by atomic mass is 35.5. The number of nitrogens with one attached hydrogen (secondary N) is 2. The molecule has 1 heterocycles. The summed E-state index contributed by atoms with van der Waals surface area (Å²) in [5.41, 5.74) is 0.555. The lowest BCUT2D eigenvalue weighted by Gasteiger charge is -2.06. The van der Waals surface area contributed by atoms with Crippen molar-refractivity contribution in [3.8, 4) is 11.4 Å². The molecular formula is C18H13ClN4O4. The Balaban J connectivity index is 1.73. The molecule has 27 heavy (non-hydrogen) atoms. The first-order valence-corrected chi connectivity index (χ1v) is 8.18. The number of anilines is 1. The number of carbonyl (C=O) groups is 1. The zero-order chi connectivity index (χ0) is 19.4. The molecule has 9 heteroatoms. The van der Waals surface area contributed by atoms with Crippen molar-refractivity contribution < 1.29 is 9.72 Å². The standard InChI is InChI=1S/C18H13ClN4O4/c19-13-6-4-11(5-7-13)17-20-10-12(18(25)22-17)8-16(24)21-14-2-1-3-15(9-14)23(26)27/h1-7,9-10H,8H2,(H,21,24)(H,20,22,25). The SMILES string of the molecule is O=C(Cc1cnc(-c2ccc(Cl)cc2)[nH]c1=O)Nc1cccc([N+](=O)[O-])c1. The van der Waals surface area contributed by atoms with Gasteiger partial charge in [0.25, 0.3) is 11.2 Å². The van der Waals surface area contributed by atoms with Crippen LogP contribution in [0.15, 0.2) is 59.5 Å². The highest BCUT2D eigenvalue weighted by molar-refractivity contribution is 6.30. The molecule has 0 aliphatic heterocycles. The predicted octanol–water partition coefficient (Wildman–Crippen LogP) is 3.18. The van der Waals surface area contributed by atoms with E-state index in [9.17, 15) is 19.7 Å². The van der Waals surface area contributed by atoms with Crippen LogP contribution in [-0.4, -0.2) is 20.8 Å². The number of rotatable bonds is 5. The number of H-pyrrole nitrogens is 1. The Morgan fingerprint density at radius 2 is 1.96 bits per heavy atom. The van der Waals surface area contributed by atoms with Crippen LogP contribution in [0.1, 0.15) is 5.56 Å². The molecule has 136 valence electrons. The van der Waals surface area contributed by atoms with Crippen LogP contribution in [0.3, 0.4) is 0 Å². The molecule has 0 saturated carbocycles. The van der Waals surface area contributed by atoms with E-state index in [1.54, 1.807) is 24.3 Å². The molecule has 0 bridgehead atoms. The van der Waals surface area contributed by atoms with E-state index < -0.39 is 16.4 Å². The molecule has 0 aliphatic carbocycles. The molecule has 8 nitrogen and oxygen atoms in total. The number of nitro groups is 1. The fourth-order valence-electron chi connectivity index (χ4n) is 2.38. The number of amides is 1. The Hall–Kier alpha value is -3.52. The second-order valence-corrected chi connectivity index (χ2v) is 6.06. The van der Waals surface area contributed by atoms with E-state index in [2.05, 4.69) is 15.3 Å². The number of halogens is 1. The fourth-order valence-corrected chi connectivity index (χ4v) is 2.50. The predicted molar refractivity (Wildman–Crippen MR) is 101 cm³/mol. The third kappa shape index (κ3) is 4.56. The maximum absolute atomic E-state index is 12.2. The van der Waals surface area contributed by atoms with Gasteiger partial charge in [0.2, 0.25) is 5.91 Å². The topological polar surface area (TPSA) is 118 Å². The van der Waals surface area contributed by atoms with E-state index >= 15 is 0 Å². The fraction of sp³-hybridized carbons (Fsp3) is 0.0556. The molecule has 2 N–H and O–H groups in total. The van der Waals surface area contributed by atoms with Gasteiger partial charge in [0.15, 0.2) is 0 Å². The quantitative estimate of drug-likeness (QED) is 0.517. The molecule has 2 aromatic carbocycles. The lowest BCUT2D eigenvalue weighted by molar-refractivity contribution is -0.384. The maximum Gasteiger partial charge on any atom is 0.271 e. The molecule has 1 aromatic heterocycles.